The van der Waals surface area contributed by atoms with Crippen molar-refractivity contribution < 1.29 is 5.11 Å². The topological polar surface area (TPSA) is 20.2 Å². The number of phenolic OH excluding ortho intramolecular Hbond substituents is 1. The largest absolute Gasteiger partial charge is 0.507 e. The van der Waals surface area contributed by atoms with E-state index < -0.39 is 0 Å². The van der Waals surface area contributed by atoms with Crippen LogP contribution in [0.2, 0.25) is 0 Å². The van der Waals surface area contributed by atoms with Gasteiger partial charge in [0, 0.05) is 11.5 Å². The SMILES string of the molecule is CC1=CC=CC1c1cccc(C(C)(C)C)c1O. The second-order valence-electron chi connectivity index (χ2n) is 5.77. The second-order valence-corrected chi connectivity index (χ2v) is 5.77. The molecule has 0 saturated carbocycles. The predicted molar refractivity (Wildman–Crippen MR) is 72.4 cm³/mol. The summed E-state index contributed by atoms with van der Waals surface area (Å²) in [5, 5.41) is 10.4. The van der Waals surface area contributed by atoms with Crippen molar-refractivity contribution in [3.05, 3.63) is 53.1 Å². The molecule has 0 aliphatic heterocycles. The van der Waals surface area contributed by atoms with Crippen LogP contribution in [0, 0.1) is 0 Å². The first-order valence-electron chi connectivity index (χ1n) is 6.08. The van der Waals surface area contributed by atoms with Crippen molar-refractivity contribution in [2.75, 3.05) is 0 Å². The Morgan fingerprint density at radius 3 is 2.41 bits per heavy atom. The molecule has 1 unspecified atom stereocenters. The van der Waals surface area contributed by atoms with Gasteiger partial charge in [0.2, 0.25) is 0 Å². The van der Waals surface area contributed by atoms with Gasteiger partial charge in [-0.25, -0.2) is 0 Å². The molecular formula is C16H20O. The van der Waals surface area contributed by atoms with Gasteiger partial charge in [-0.3, -0.25) is 0 Å². The quantitative estimate of drug-likeness (QED) is 0.760. The summed E-state index contributed by atoms with van der Waals surface area (Å²) in [7, 11) is 0. The van der Waals surface area contributed by atoms with Crippen LogP contribution in [0.4, 0.5) is 0 Å². The lowest BCUT2D eigenvalue weighted by Gasteiger charge is -2.23. The van der Waals surface area contributed by atoms with E-state index in [0.717, 1.165) is 11.1 Å². The van der Waals surface area contributed by atoms with Gasteiger partial charge in [0.15, 0.2) is 0 Å². The van der Waals surface area contributed by atoms with Crippen LogP contribution in [-0.4, -0.2) is 5.11 Å². The molecule has 0 spiro atoms. The van der Waals surface area contributed by atoms with Crippen molar-refractivity contribution in [1.82, 2.24) is 0 Å². The van der Waals surface area contributed by atoms with E-state index in [2.05, 4.69) is 45.9 Å². The molecule has 17 heavy (non-hydrogen) atoms. The fourth-order valence-electron chi connectivity index (χ4n) is 2.34. The molecule has 0 radical (unpaired) electrons. The summed E-state index contributed by atoms with van der Waals surface area (Å²) in [6, 6.07) is 6.06. The van der Waals surface area contributed by atoms with E-state index in [1.807, 2.05) is 18.2 Å². The molecule has 1 heteroatoms. The van der Waals surface area contributed by atoms with Gasteiger partial charge in [-0.15, -0.1) is 0 Å². The summed E-state index contributed by atoms with van der Waals surface area (Å²) in [4.78, 5) is 0. The van der Waals surface area contributed by atoms with E-state index in [0.29, 0.717) is 5.75 Å². The number of hydrogen-bond acceptors (Lipinski definition) is 1. The molecule has 90 valence electrons. The molecule has 1 aromatic carbocycles. The molecule has 1 N–H and O–H groups in total. The van der Waals surface area contributed by atoms with E-state index in [4.69, 9.17) is 0 Å². The summed E-state index contributed by atoms with van der Waals surface area (Å²) in [6.07, 6.45) is 6.30. The van der Waals surface area contributed by atoms with Gasteiger partial charge in [0.05, 0.1) is 0 Å². The maximum atomic E-state index is 10.4. The molecule has 1 atom stereocenters. The Morgan fingerprint density at radius 2 is 1.88 bits per heavy atom. The van der Waals surface area contributed by atoms with Crippen molar-refractivity contribution in [2.45, 2.75) is 39.0 Å². The first-order valence-corrected chi connectivity index (χ1v) is 6.08. The summed E-state index contributed by atoms with van der Waals surface area (Å²) < 4.78 is 0. The molecule has 1 aliphatic rings. The number of benzene rings is 1. The lowest BCUT2D eigenvalue weighted by Crippen LogP contribution is -2.12. The molecule has 0 heterocycles. The average molecular weight is 228 g/mol. The molecule has 0 fully saturated rings. The van der Waals surface area contributed by atoms with Crippen LogP contribution >= 0.6 is 0 Å². The fraction of sp³-hybridized carbons (Fsp3) is 0.375. The Balaban J connectivity index is 2.51. The summed E-state index contributed by atoms with van der Waals surface area (Å²) in [5.41, 5.74) is 3.29. The molecule has 0 amide bonds. The highest BCUT2D eigenvalue weighted by Crippen LogP contribution is 2.40. The zero-order valence-electron chi connectivity index (χ0n) is 11.0. The zero-order valence-corrected chi connectivity index (χ0v) is 11.0. The van der Waals surface area contributed by atoms with Gasteiger partial charge in [0.25, 0.3) is 0 Å². The molecule has 1 aromatic rings. The minimum atomic E-state index is -0.0277. The van der Waals surface area contributed by atoms with E-state index >= 15 is 0 Å². The molecule has 2 rings (SSSR count). The highest BCUT2D eigenvalue weighted by Gasteiger charge is 2.23. The number of aromatic hydroxyl groups is 1. The van der Waals surface area contributed by atoms with Crippen molar-refractivity contribution in [1.29, 1.82) is 0 Å². The smallest absolute Gasteiger partial charge is 0.123 e. The summed E-state index contributed by atoms with van der Waals surface area (Å²) in [5.74, 6) is 0.682. The van der Waals surface area contributed by atoms with Crippen LogP contribution in [0.1, 0.15) is 44.7 Å². The van der Waals surface area contributed by atoms with E-state index in [1.54, 1.807) is 0 Å². The monoisotopic (exact) mass is 228 g/mol. The molecular weight excluding hydrogens is 208 g/mol. The number of allylic oxidation sites excluding steroid dienone is 4. The zero-order chi connectivity index (χ0) is 12.6. The minimum Gasteiger partial charge on any atom is -0.507 e. The third kappa shape index (κ3) is 2.14. The van der Waals surface area contributed by atoms with Crippen LogP contribution in [0.15, 0.2) is 42.0 Å². The Hall–Kier alpha value is -1.50. The molecule has 1 aliphatic carbocycles. The number of phenols is 1. The third-order valence-corrected chi connectivity index (χ3v) is 3.36. The van der Waals surface area contributed by atoms with Gasteiger partial charge in [0.1, 0.15) is 5.75 Å². The number of hydrogen-bond donors (Lipinski definition) is 1. The Labute approximate surface area is 103 Å². The Bertz CT molecular complexity index is 487. The van der Waals surface area contributed by atoms with Crippen molar-refractivity contribution >= 4 is 0 Å². The standard InChI is InChI=1S/C16H20O/c1-11-7-5-8-12(11)13-9-6-10-14(15(13)17)16(2,3)4/h5-10,12,17H,1-4H3. The van der Waals surface area contributed by atoms with Gasteiger partial charge in [-0.05, 0) is 17.9 Å². The predicted octanol–water partition coefficient (Wildman–Crippen LogP) is 4.29. The Kier molecular flexibility index (Phi) is 2.86. The van der Waals surface area contributed by atoms with E-state index in [9.17, 15) is 5.11 Å². The van der Waals surface area contributed by atoms with Crippen LogP contribution in [0.25, 0.3) is 0 Å². The van der Waals surface area contributed by atoms with Crippen LogP contribution < -0.4 is 0 Å². The van der Waals surface area contributed by atoms with Crippen molar-refractivity contribution in [3.8, 4) is 5.75 Å². The molecule has 0 saturated heterocycles. The average Bonchev–Trinajstić information content (AvgIpc) is 2.63. The lowest BCUT2D eigenvalue weighted by atomic mass is 9.82. The Morgan fingerprint density at radius 1 is 1.18 bits per heavy atom. The van der Waals surface area contributed by atoms with Crippen LogP contribution in [0.3, 0.4) is 0 Å². The summed E-state index contributed by atoms with van der Waals surface area (Å²) in [6.45, 7) is 8.48. The molecule has 0 bridgehead atoms. The summed E-state index contributed by atoms with van der Waals surface area (Å²) >= 11 is 0. The molecule has 1 nitrogen and oxygen atoms in total. The normalized spacial score (nSPS) is 19.5. The van der Waals surface area contributed by atoms with Crippen molar-refractivity contribution in [2.24, 2.45) is 0 Å². The molecule has 0 aromatic heterocycles. The first-order chi connectivity index (χ1) is 7.91. The van der Waals surface area contributed by atoms with Crippen LogP contribution in [-0.2, 0) is 5.41 Å². The first kappa shape index (κ1) is 12.0. The maximum absolute atomic E-state index is 10.4. The van der Waals surface area contributed by atoms with E-state index in [1.165, 1.54) is 5.57 Å². The van der Waals surface area contributed by atoms with Gasteiger partial charge < -0.3 is 5.11 Å². The maximum Gasteiger partial charge on any atom is 0.123 e. The van der Waals surface area contributed by atoms with Crippen molar-refractivity contribution in [3.63, 3.8) is 0 Å². The highest BCUT2D eigenvalue weighted by molar-refractivity contribution is 5.51. The van der Waals surface area contributed by atoms with Gasteiger partial charge in [-0.2, -0.15) is 0 Å². The minimum absolute atomic E-state index is 0.0277. The number of rotatable bonds is 1. The third-order valence-electron chi connectivity index (χ3n) is 3.36. The number of para-hydroxylation sites is 1. The van der Waals surface area contributed by atoms with Gasteiger partial charge in [-0.1, -0.05) is 62.8 Å². The highest BCUT2D eigenvalue weighted by atomic mass is 16.3. The second kappa shape index (κ2) is 4.06. The lowest BCUT2D eigenvalue weighted by molar-refractivity contribution is 0.440. The van der Waals surface area contributed by atoms with E-state index in [-0.39, 0.29) is 11.3 Å². The van der Waals surface area contributed by atoms with Crippen LogP contribution in [0.5, 0.6) is 5.75 Å². The van der Waals surface area contributed by atoms with Gasteiger partial charge >= 0.3 is 0 Å². The fourth-order valence-corrected chi connectivity index (χ4v) is 2.34.